The molecule has 7 heteroatoms. The molecule has 1 aliphatic rings. The smallest absolute Gasteiger partial charge is 0.331 e. The average molecular weight is 427 g/mol. The van der Waals surface area contributed by atoms with Crippen molar-refractivity contribution < 1.29 is 14.6 Å². The minimum Gasteiger partial charge on any atom is -0.481 e. The molecule has 1 aromatic heterocycles. The molecule has 0 spiro atoms. The van der Waals surface area contributed by atoms with Gasteiger partial charge in [0.15, 0.2) is 0 Å². The van der Waals surface area contributed by atoms with Crippen LogP contribution in [0.4, 0.5) is 0 Å². The van der Waals surface area contributed by atoms with Crippen molar-refractivity contribution in [2.24, 2.45) is 0 Å². The Kier molecular flexibility index (Phi) is 5.75. The van der Waals surface area contributed by atoms with Gasteiger partial charge < -0.3 is 9.84 Å². The number of hydrogen-bond acceptors (Lipinski definition) is 4. The van der Waals surface area contributed by atoms with E-state index in [9.17, 15) is 14.7 Å². The summed E-state index contributed by atoms with van der Waals surface area (Å²) in [5.74, 6) is 0.162. The van der Waals surface area contributed by atoms with Crippen LogP contribution in [0.3, 0.4) is 0 Å². The molecule has 2 heterocycles. The summed E-state index contributed by atoms with van der Waals surface area (Å²) in [7, 11) is 0. The average Bonchev–Trinajstić information content (AvgIpc) is 3.21. The third-order valence-corrected chi connectivity index (χ3v) is 6.89. The van der Waals surface area contributed by atoms with Gasteiger partial charge in [-0.1, -0.05) is 18.2 Å². The lowest BCUT2D eigenvalue weighted by atomic mass is 9.96. The Bertz CT molecular complexity index is 1160. The second-order valence-corrected chi connectivity index (χ2v) is 8.82. The molecular weight excluding hydrogens is 400 g/mol. The second kappa shape index (κ2) is 8.32. The molecule has 0 amide bonds. The first kappa shape index (κ1) is 20.8. The predicted molar refractivity (Wildman–Crippen MR) is 118 cm³/mol. The largest absolute Gasteiger partial charge is 0.481 e. The van der Waals surface area contributed by atoms with Crippen LogP contribution in [0.5, 0.6) is 0 Å². The van der Waals surface area contributed by atoms with E-state index in [2.05, 4.69) is 25.1 Å². The van der Waals surface area contributed by atoms with Gasteiger partial charge in [-0.25, -0.2) is 4.79 Å². The summed E-state index contributed by atoms with van der Waals surface area (Å²) in [6.07, 6.45) is -1.10. The lowest BCUT2D eigenvalue weighted by molar-refractivity contribution is -0.142. The standard InChI is InChI=1S/C23H26N2O4S/c1-4-29-20(11-21(26)27)25-18-10-14(2)8-9-17(18)24(23(25)28)12-16-13-30-19-7-5-6-15(3)22(16)19/h5-10,16,20H,4,11-13H2,1-3H3,(H,26,27). The van der Waals surface area contributed by atoms with E-state index < -0.39 is 12.2 Å². The van der Waals surface area contributed by atoms with Crippen LogP contribution in [0.2, 0.25) is 0 Å². The molecule has 0 bridgehead atoms. The van der Waals surface area contributed by atoms with E-state index in [0.717, 1.165) is 22.3 Å². The Morgan fingerprint density at radius 3 is 2.80 bits per heavy atom. The van der Waals surface area contributed by atoms with Crippen LogP contribution < -0.4 is 5.69 Å². The molecule has 0 saturated heterocycles. The van der Waals surface area contributed by atoms with Gasteiger partial charge in [-0.05, 0) is 55.7 Å². The first-order valence-corrected chi connectivity index (χ1v) is 11.2. The zero-order valence-corrected chi connectivity index (χ0v) is 18.2. The van der Waals surface area contributed by atoms with E-state index in [0.29, 0.717) is 13.2 Å². The van der Waals surface area contributed by atoms with Gasteiger partial charge in [0.25, 0.3) is 0 Å². The van der Waals surface area contributed by atoms with Gasteiger partial charge in [0.1, 0.15) is 6.23 Å². The number of ether oxygens (including phenoxy) is 1. The Morgan fingerprint density at radius 1 is 1.27 bits per heavy atom. The first-order valence-electron chi connectivity index (χ1n) is 10.2. The van der Waals surface area contributed by atoms with Crippen molar-refractivity contribution in [1.82, 2.24) is 9.13 Å². The molecule has 4 rings (SSSR count). The summed E-state index contributed by atoms with van der Waals surface area (Å²) in [4.78, 5) is 26.2. The summed E-state index contributed by atoms with van der Waals surface area (Å²) in [6, 6.07) is 12.2. The molecule has 0 aliphatic carbocycles. The molecule has 6 nitrogen and oxygen atoms in total. The van der Waals surface area contributed by atoms with Crippen molar-refractivity contribution in [1.29, 1.82) is 0 Å². The Morgan fingerprint density at radius 2 is 2.07 bits per heavy atom. The number of aromatic nitrogens is 2. The van der Waals surface area contributed by atoms with Crippen LogP contribution in [0.25, 0.3) is 11.0 Å². The maximum Gasteiger partial charge on any atom is 0.331 e. The molecule has 2 atom stereocenters. The van der Waals surface area contributed by atoms with Crippen molar-refractivity contribution >= 4 is 28.8 Å². The van der Waals surface area contributed by atoms with Crippen LogP contribution in [0, 0.1) is 13.8 Å². The van der Waals surface area contributed by atoms with Crippen molar-refractivity contribution in [2.45, 2.75) is 50.8 Å². The van der Waals surface area contributed by atoms with Gasteiger partial charge >= 0.3 is 11.7 Å². The van der Waals surface area contributed by atoms with Gasteiger partial charge in [0.2, 0.25) is 0 Å². The Labute approximate surface area is 179 Å². The van der Waals surface area contributed by atoms with Crippen LogP contribution >= 0.6 is 11.8 Å². The van der Waals surface area contributed by atoms with E-state index in [1.54, 1.807) is 11.5 Å². The molecule has 0 fully saturated rings. The summed E-state index contributed by atoms with van der Waals surface area (Å²) in [5, 5.41) is 9.36. The molecule has 3 aromatic rings. The van der Waals surface area contributed by atoms with E-state index in [-0.39, 0.29) is 18.0 Å². The highest BCUT2D eigenvalue weighted by Crippen LogP contribution is 2.42. The molecule has 2 aromatic carbocycles. The fraction of sp³-hybridized carbons (Fsp3) is 0.391. The third-order valence-electron chi connectivity index (χ3n) is 5.65. The summed E-state index contributed by atoms with van der Waals surface area (Å²) in [5.41, 5.74) is 4.88. The van der Waals surface area contributed by atoms with Gasteiger partial charge in [0, 0.05) is 29.7 Å². The van der Waals surface area contributed by atoms with E-state index in [1.165, 1.54) is 20.6 Å². The quantitative estimate of drug-likeness (QED) is 0.609. The molecule has 30 heavy (non-hydrogen) atoms. The van der Waals surface area contributed by atoms with Crippen LogP contribution in [0.1, 0.15) is 42.2 Å². The van der Waals surface area contributed by atoms with E-state index in [1.807, 2.05) is 36.9 Å². The van der Waals surface area contributed by atoms with Gasteiger partial charge in [0.05, 0.1) is 17.5 Å². The van der Waals surface area contributed by atoms with Crippen molar-refractivity contribution in [3.8, 4) is 0 Å². The predicted octanol–water partition coefficient (Wildman–Crippen LogP) is 4.32. The highest BCUT2D eigenvalue weighted by Gasteiger charge is 2.29. The van der Waals surface area contributed by atoms with Gasteiger partial charge in [-0.15, -0.1) is 11.8 Å². The SMILES string of the molecule is CCOC(CC(=O)O)n1c(=O)n(CC2CSc3cccc(C)c32)c2ccc(C)cc21. The zero-order valence-electron chi connectivity index (χ0n) is 17.4. The number of aliphatic carboxylic acids is 1. The number of fused-ring (bicyclic) bond motifs is 2. The number of thioether (sulfide) groups is 1. The van der Waals surface area contributed by atoms with Crippen molar-refractivity contribution in [3.05, 3.63) is 63.6 Å². The monoisotopic (exact) mass is 426 g/mol. The fourth-order valence-corrected chi connectivity index (χ4v) is 5.66. The van der Waals surface area contributed by atoms with Crippen LogP contribution in [0.15, 0.2) is 46.1 Å². The summed E-state index contributed by atoms with van der Waals surface area (Å²) >= 11 is 1.83. The number of carboxylic acids is 1. The van der Waals surface area contributed by atoms with Crippen molar-refractivity contribution in [2.75, 3.05) is 12.4 Å². The Hall–Kier alpha value is -2.51. The molecule has 0 radical (unpaired) electrons. The zero-order chi connectivity index (χ0) is 21.4. The molecular formula is C23H26N2O4S. The minimum absolute atomic E-state index is 0.220. The van der Waals surface area contributed by atoms with E-state index in [4.69, 9.17) is 4.74 Å². The highest BCUT2D eigenvalue weighted by molar-refractivity contribution is 7.99. The number of nitrogens with zero attached hydrogens (tertiary/aromatic N) is 2. The molecule has 2 unspecified atom stereocenters. The number of carbonyl (C=O) groups is 1. The summed E-state index contributed by atoms with van der Waals surface area (Å²) in [6.45, 7) is 6.77. The Balaban J connectivity index is 1.83. The van der Waals surface area contributed by atoms with Crippen LogP contribution in [-0.2, 0) is 16.1 Å². The maximum atomic E-state index is 13.5. The highest BCUT2D eigenvalue weighted by atomic mass is 32.2. The lowest BCUT2D eigenvalue weighted by Gasteiger charge is -2.17. The van der Waals surface area contributed by atoms with Crippen molar-refractivity contribution in [3.63, 3.8) is 0 Å². The van der Waals surface area contributed by atoms with Gasteiger partial charge in [-0.3, -0.25) is 13.9 Å². The maximum absolute atomic E-state index is 13.5. The minimum atomic E-state index is -0.995. The number of benzene rings is 2. The molecule has 1 aliphatic heterocycles. The number of hydrogen-bond donors (Lipinski definition) is 1. The summed E-state index contributed by atoms with van der Waals surface area (Å²) < 4.78 is 8.99. The normalized spacial score (nSPS) is 16.7. The third kappa shape index (κ3) is 3.68. The number of aryl methyl sites for hydroxylation is 2. The molecule has 158 valence electrons. The first-order chi connectivity index (χ1) is 14.4. The van der Waals surface area contributed by atoms with Crippen LogP contribution in [-0.4, -0.2) is 32.6 Å². The topological polar surface area (TPSA) is 73.5 Å². The fourth-order valence-electron chi connectivity index (χ4n) is 4.35. The second-order valence-electron chi connectivity index (χ2n) is 7.76. The molecule has 0 saturated carbocycles. The number of carboxylic acid groups (broad SMARTS) is 1. The number of imidazole rings is 1. The van der Waals surface area contributed by atoms with E-state index >= 15 is 0 Å². The van der Waals surface area contributed by atoms with Gasteiger partial charge in [-0.2, -0.15) is 0 Å². The molecule has 1 N–H and O–H groups in total. The lowest BCUT2D eigenvalue weighted by Crippen LogP contribution is -2.31. The number of rotatable bonds is 7.